The highest BCUT2D eigenvalue weighted by molar-refractivity contribution is 5.51. The fraction of sp³-hybridized carbons (Fsp3) is 0.333. The molecule has 3 rings (SSSR count). The Hall–Kier alpha value is -2.20. The quantitative estimate of drug-likeness (QED) is 0.942. The van der Waals surface area contributed by atoms with Crippen LogP contribution < -0.4 is 19.5 Å². The number of fused-ring (bicyclic) bond motifs is 1. The minimum atomic E-state index is 0.277. The van der Waals surface area contributed by atoms with Crippen molar-refractivity contribution in [2.75, 3.05) is 27.9 Å². The third kappa shape index (κ3) is 2.50. The van der Waals surface area contributed by atoms with Gasteiger partial charge in [0.2, 0.25) is 0 Å². The van der Waals surface area contributed by atoms with Gasteiger partial charge >= 0.3 is 0 Å². The summed E-state index contributed by atoms with van der Waals surface area (Å²) in [4.78, 5) is 0. The van der Waals surface area contributed by atoms with E-state index in [9.17, 15) is 0 Å². The van der Waals surface area contributed by atoms with E-state index in [0.29, 0.717) is 0 Å². The highest BCUT2D eigenvalue weighted by atomic mass is 16.5. The van der Waals surface area contributed by atoms with Crippen LogP contribution in [0.4, 0.5) is 0 Å². The van der Waals surface area contributed by atoms with Gasteiger partial charge in [-0.25, -0.2) is 0 Å². The summed E-state index contributed by atoms with van der Waals surface area (Å²) in [6.07, 6.45) is 0. The van der Waals surface area contributed by atoms with Crippen LogP contribution in [0.5, 0.6) is 17.2 Å². The molecule has 0 aromatic heterocycles. The Morgan fingerprint density at radius 3 is 2.41 bits per heavy atom. The Labute approximate surface area is 131 Å². The fourth-order valence-electron chi connectivity index (χ4n) is 3.11. The molecule has 1 unspecified atom stereocenters. The van der Waals surface area contributed by atoms with Crippen LogP contribution in [0.2, 0.25) is 0 Å². The van der Waals surface area contributed by atoms with Crippen molar-refractivity contribution >= 4 is 0 Å². The smallest absolute Gasteiger partial charge is 0.161 e. The van der Waals surface area contributed by atoms with Gasteiger partial charge in [-0.15, -0.1) is 0 Å². The van der Waals surface area contributed by atoms with Gasteiger partial charge in [0.1, 0.15) is 5.75 Å². The predicted octanol–water partition coefficient (Wildman–Crippen LogP) is 2.95. The normalized spacial score (nSPS) is 16.8. The first-order chi connectivity index (χ1) is 10.8. The fourth-order valence-corrected chi connectivity index (χ4v) is 3.11. The first-order valence-corrected chi connectivity index (χ1v) is 7.37. The lowest BCUT2D eigenvalue weighted by molar-refractivity contribution is 0.354. The Balaban J connectivity index is 2.04. The van der Waals surface area contributed by atoms with Gasteiger partial charge < -0.3 is 19.5 Å². The van der Waals surface area contributed by atoms with E-state index in [-0.39, 0.29) is 5.92 Å². The Kier molecular flexibility index (Phi) is 4.20. The highest BCUT2D eigenvalue weighted by Gasteiger charge is 2.24. The number of methoxy groups -OCH3 is 3. The minimum Gasteiger partial charge on any atom is -0.496 e. The first kappa shape index (κ1) is 14.7. The van der Waals surface area contributed by atoms with Gasteiger partial charge in [0.15, 0.2) is 11.5 Å². The Morgan fingerprint density at radius 2 is 1.68 bits per heavy atom. The molecule has 4 nitrogen and oxygen atoms in total. The van der Waals surface area contributed by atoms with Crippen molar-refractivity contribution in [1.82, 2.24) is 5.32 Å². The Morgan fingerprint density at radius 1 is 0.909 bits per heavy atom. The van der Waals surface area contributed by atoms with E-state index in [4.69, 9.17) is 14.2 Å². The molecule has 1 aliphatic heterocycles. The second kappa shape index (κ2) is 6.28. The lowest BCUT2D eigenvalue weighted by atomic mass is 9.85. The van der Waals surface area contributed by atoms with Crippen LogP contribution in [0.3, 0.4) is 0 Å². The number of rotatable bonds is 4. The summed E-state index contributed by atoms with van der Waals surface area (Å²) in [5.74, 6) is 2.73. The zero-order valence-corrected chi connectivity index (χ0v) is 13.2. The van der Waals surface area contributed by atoms with E-state index in [1.807, 2.05) is 12.1 Å². The summed E-state index contributed by atoms with van der Waals surface area (Å²) in [6, 6.07) is 12.4. The number of benzene rings is 2. The molecule has 1 heterocycles. The van der Waals surface area contributed by atoms with E-state index in [1.54, 1.807) is 21.3 Å². The van der Waals surface area contributed by atoms with Gasteiger partial charge in [0, 0.05) is 24.6 Å². The van der Waals surface area contributed by atoms with Crippen LogP contribution in [0.1, 0.15) is 22.6 Å². The van der Waals surface area contributed by atoms with Crippen LogP contribution in [0.15, 0.2) is 36.4 Å². The molecule has 4 heteroatoms. The van der Waals surface area contributed by atoms with Crippen molar-refractivity contribution in [3.8, 4) is 17.2 Å². The van der Waals surface area contributed by atoms with Gasteiger partial charge in [-0.2, -0.15) is 0 Å². The van der Waals surface area contributed by atoms with Crippen LogP contribution >= 0.6 is 0 Å². The van der Waals surface area contributed by atoms with E-state index in [0.717, 1.165) is 30.3 Å². The van der Waals surface area contributed by atoms with E-state index in [1.165, 1.54) is 16.7 Å². The lowest BCUT2D eigenvalue weighted by Crippen LogP contribution is -2.29. The molecule has 22 heavy (non-hydrogen) atoms. The summed E-state index contributed by atoms with van der Waals surface area (Å²) < 4.78 is 16.2. The molecule has 0 aliphatic carbocycles. The molecule has 0 radical (unpaired) electrons. The number of hydrogen-bond donors (Lipinski definition) is 1. The Bertz CT molecular complexity index is 669. The molecular weight excluding hydrogens is 278 g/mol. The largest absolute Gasteiger partial charge is 0.496 e. The number of hydrogen-bond acceptors (Lipinski definition) is 4. The molecule has 1 aliphatic rings. The van der Waals surface area contributed by atoms with E-state index < -0.39 is 0 Å². The maximum absolute atomic E-state index is 5.49. The van der Waals surface area contributed by atoms with Crippen LogP contribution in [0, 0.1) is 0 Å². The summed E-state index contributed by atoms with van der Waals surface area (Å²) >= 11 is 0. The molecule has 1 N–H and O–H groups in total. The summed E-state index contributed by atoms with van der Waals surface area (Å²) in [6.45, 7) is 1.73. The van der Waals surface area contributed by atoms with Crippen LogP contribution in [-0.2, 0) is 6.54 Å². The summed E-state index contributed by atoms with van der Waals surface area (Å²) in [5.41, 5.74) is 3.75. The molecule has 0 saturated carbocycles. The highest BCUT2D eigenvalue weighted by Crippen LogP contribution is 2.37. The average molecular weight is 299 g/mol. The maximum atomic E-state index is 5.49. The molecule has 2 aromatic rings. The van der Waals surface area contributed by atoms with E-state index >= 15 is 0 Å². The van der Waals surface area contributed by atoms with E-state index in [2.05, 4.69) is 29.6 Å². The van der Waals surface area contributed by atoms with Crippen molar-refractivity contribution < 1.29 is 14.2 Å². The molecule has 0 saturated heterocycles. The number of nitrogens with one attached hydrogen (secondary N) is 1. The monoisotopic (exact) mass is 299 g/mol. The molecule has 0 bridgehead atoms. The van der Waals surface area contributed by atoms with Crippen LogP contribution in [0.25, 0.3) is 0 Å². The third-order valence-electron chi connectivity index (χ3n) is 4.22. The zero-order chi connectivity index (χ0) is 15.5. The summed E-state index contributed by atoms with van der Waals surface area (Å²) in [7, 11) is 5.03. The SMILES string of the molecule is COc1ccc(C2CNCc3c(OC)cccc32)cc1OC. The second-order valence-electron chi connectivity index (χ2n) is 5.33. The molecule has 0 amide bonds. The van der Waals surface area contributed by atoms with Crippen LogP contribution in [-0.4, -0.2) is 27.9 Å². The van der Waals surface area contributed by atoms with Gasteiger partial charge in [-0.1, -0.05) is 18.2 Å². The van der Waals surface area contributed by atoms with Gasteiger partial charge in [-0.3, -0.25) is 0 Å². The van der Waals surface area contributed by atoms with Gasteiger partial charge in [0.05, 0.1) is 21.3 Å². The van der Waals surface area contributed by atoms with Crippen molar-refractivity contribution in [1.29, 1.82) is 0 Å². The van der Waals surface area contributed by atoms with Gasteiger partial charge in [-0.05, 0) is 29.3 Å². The van der Waals surface area contributed by atoms with Crippen molar-refractivity contribution in [3.63, 3.8) is 0 Å². The minimum absolute atomic E-state index is 0.277. The van der Waals surface area contributed by atoms with Gasteiger partial charge in [0.25, 0.3) is 0 Å². The standard InChI is InChI=1S/C18H21NO3/c1-20-16-6-4-5-13-14(10-19-11-15(13)16)12-7-8-17(21-2)18(9-12)22-3/h4-9,14,19H,10-11H2,1-3H3. The molecule has 2 aromatic carbocycles. The first-order valence-electron chi connectivity index (χ1n) is 7.37. The van der Waals surface area contributed by atoms with Crippen molar-refractivity contribution in [3.05, 3.63) is 53.1 Å². The molecular formula is C18H21NO3. The average Bonchev–Trinajstić information content (AvgIpc) is 2.60. The lowest BCUT2D eigenvalue weighted by Gasteiger charge is -2.28. The maximum Gasteiger partial charge on any atom is 0.161 e. The number of ether oxygens (including phenoxy) is 3. The predicted molar refractivity (Wildman–Crippen MR) is 86.1 cm³/mol. The molecule has 0 spiro atoms. The molecule has 1 atom stereocenters. The molecule has 0 fully saturated rings. The second-order valence-corrected chi connectivity index (χ2v) is 5.33. The summed E-state index contributed by atoms with van der Waals surface area (Å²) in [5, 5.41) is 3.48. The third-order valence-corrected chi connectivity index (χ3v) is 4.22. The molecule has 116 valence electrons. The van der Waals surface area contributed by atoms with Crippen molar-refractivity contribution in [2.45, 2.75) is 12.5 Å². The topological polar surface area (TPSA) is 39.7 Å². The van der Waals surface area contributed by atoms with Crippen molar-refractivity contribution in [2.24, 2.45) is 0 Å². The zero-order valence-electron chi connectivity index (χ0n) is 13.2.